The highest BCUT2D eigenvalue weighted by Gasteiger charge is 2.12. The number of halogens is 3. The zero-order chi connectivity index (χ0) is 12.1. The highest BCUT2D eigenvalue weighted by atomic mass is 79.9. The third kappa shape index (κ3) is 3.76. The van der Waals surface area contributed by atoms with Gasteiger partial charge in [-0.25, -0.2) is 4.39 Å². The second-order valence-corrected chi connectivity index (χ2v) is 4.55. The molecule has 1 amide bonds. The number of hydrogen-bond donors (Lipinski definition) is 1. The van der Waals surface area contributed by atoms with Crippen LogP contribution in [0.5, 0.6) is 0 Å². The van der Waals surface area contributed by atoms with E-state index in [9.17, 15) is 9.18 Å². The average molecular weight is 309 g/mol. The third-order valence-corrected chi connectivity index (χ3v) is 3.36. The lowest BCUT2D eigenvalue weighted by atomic mass is 10.1. The van der Waals surface area contributed by atoms with Crippen LogP contribution in [0.2, 0.25) is 5.02 Å². The molecule has 0 aromatic heterocycles. The van der Waals surface area contributed by atoms with E-state index in [1.54, 1.807) is 6.07 Å². The van der Waals surface area contributed by atoms with Crippen molar-refractivity contribution in [2.24, 2.45) is 0 Å². The Morgan fingerprint density at radius 3 is 2.88 bits per heavy atom. The van der Waals surface area contributed by atoms with Crippen LogP contribution in [0.1, 0.15) is 12.5 Å². The summed E-state index contributed by atoms with van der Waals surface area (Å²) in [4.78, 5) is 11.5. The number of carbonyl (C=O) groups is 1. The predicted octanol–water partition coefficient (Wildman–Crippen LogP) is 2.92. The van der Waals surface area contributed by atoms with Crippen molar-refractivity contribution in [2.45, 2.75) is 19.4 Å². The monoisotopic (exact) mass is 307 g/mol. The van der Waals surface area contributed by atoms with Gasteiger partial charge in [-0.15, -0.1) is 0 Å². The lowest BCUT2D eigenvalue weighted by Crippen LogP contribution is -2.34. The first-order valence-electron chi connectivity index (χ1n) is 4.82. The molecular formula is C11H12BrClFNO. The molecule has 1 unspecified atom stereocenters. The molecule has 0 heterocycles. The van der Waals surface area contributed by atoms with Crippen LogP contribution in [0.15, 0.2) is 18.2 Å². The summed E-state index contributed by atoms with van der Waals surface area (Å²) in [5.41, 5.74) is 0.239. The van der Waals surface area contributed by atoms with E-state index in [4.69, 9.17) is 11.6 Å². The van der Waals surface area contributed by atoms with Gasteiger partial charge in [0, 0.05) is 22.0 Å². The minimum absolute atomic E-state index is 0.0121. The summed E-state index contributed by atoms with van der Waals surface area (Å²) in [5, 5.41) is 3.66. The molecule has 1 N–H and O–H groups in total. The molecule has 0 aliphatic rings. The maximum atomic E-state index is 13.4. The fraction of sp³-hybridized carbons (Fsp3) is 0.364. The minimum Gasteiger partial charge on any atom is -0.353 e. The molecule has 1 atom stereocenters. The summed E-state index contributed by atoms with van der Waals surface area (Å²) in [6, 6.07) is 4.39. The molecular weight excluding hydrogens is 296 g/mol. The molecule has 0 saturated heterocycles. The highest BCUT2D eigenvalue weighted by molar-refractivity contribution is 9.09. The van der Waals surface area contributed by atoms with Crippen LogP contribution in [-0.2, 0) is 11.2 Å². The summed E-state index contributed by atoms with van der Waals surface area (Å²) >= 11 is 9.06. The number of hydrogen-bond acceptors (Lipinski definition) is 1. The molecule has 1 aromatic rings. The van der Waals surface area contributed by atoms with Gasteiger partial charge in [0.1, 0.15) is 5.82 Å². The maximum absolute atomic E-state index is 13.4. The van der Waals surface area contributed by atoms with Gasteiger partial charge in [-0.3, -0.25) is 4.79 Å². The Morgan fingerprint density at radius 1 is 1.62 bits per heavy atom. The van der Waals surface area contributed by atoms with E-state index >= 15 is 0 Å². The second-order valence-electron chi connectivity index (χ2n) is 3.50. The van der Waals surface area contributed by atoms with Gasteiger partial charge in [0.15, 0.2) is 0 Å². The van der Waals surface area contributed by atoms with Gasteiger partial charge in [-0.05, 0) is 19.1 Å². The SMILES string of the molecule is CC(CBr)NC(=O)Cc1c(F)cccc1Cl. The van der Waals surface area contributed by atoms with Gasteiger partial charge in [0.05, 0.1) is 6.42 Å². The Hall–Kier alpha value is -0.610. The van der Waals surface area contributed by atoms with Crippen LogP contribution in [0, 0.1) is 5.82 Å². The Bertz CT molecular complexity index is 366. The molecule has 88 valence electrons. The van der Waals surface area contributed by atoms with Crippen LogP contribution < -0.4 is 5.32 Å². The Balaban J connectivity index is 2.70. The van der Waals surface area contributed by atoms with Crippen molar-refractivity contribution in [1.82, 2.24) is 5.32 Å². The van der Waals surface area contributed by atoms with Gasteiger partial charge < -0.3 is 5.32 Å². The van der Waals surface area contributed by atoms with Crippen LogP contribution >= 0.6 is 27.5 Å². The van der Waals surface area contributed by atoms with Crippen LogP contribution in [0.25, 0.3) is 0 Å². The van der Waals surface area contributed by atoms with E-state index in [1.165, 1.54) is 12.1 Å². The Kier molecular flexibility index (Phi) is 5.22. The molecule has 0 bridgehead atoms. The number of alkyl halides is 1. The van der Waals surface area contributed by atoms with Crippen molar-refractivity contribution in [3.8, 4) is 0 Å². The number of amides is 1. The molecule has 0 saturated carbocycles. The number of nitrogens with one attached hydrogen (secondary N) is 1. The van der Waals surface area contributed by atoms with E-state index in [2.05, 4.69) is 21.2 Å². The van der Waals surface area contributed by atoms with Gasteiger partial charge in [-0.1, -0.05) is 33.6 Å². The van der Waals surface area contributed by atoms with E-state index in [0.717, 1.165) is 0 Å². The van der Waals surface area contributed by atoms with E-state index in [0.29, 0.717) is 5.33 Å². The molecule has 2 nitrogen and oxygen atoms in total. The molecule has 1 rings (SSSR count). The quantitative estimate of drug-likeness (QED) is 0.851. The summed E-state index contributed by atoms with van der Waals surface area (Å²) < 4.78 is 13.4. The van der Waals surface area contributed by atoms with E-state index in [-0.39, 0.29) is 29.0 Å². The molecule has 16 heavy (non-hydrogen) atoms. The molecule has 1 aromatic carbocycles. The second kappa shape index (κ2) is 6.21. The Morgan fingerprint density at radius 2 is 2.31 bits per heavy atom. The number of rotatable bonds is 4. The van der Waals surface area contributed by atoms with E-state index < -0.39 is 5.82 Å². The lowest BCUT2D eigenvalue weighted by Gasteiger charge is -2.11. The topological polar surface area (TPSA) is 29.1 Å². The molecule has 0 fully saturated rings. The minimum atomic E-state index is -0.450. The van der Waals surface area contributed by atoms with Gasteiger partial charge in [-0.2, -0.15) is 0 Å². The van der Waals surface area contributed by atoms with Crippen LogP contribution in [0.3, 0.4) is 0 Å². The maximum Gasteiger partial charge on any atom is 0.224 e. The zero-order valence-electron chi connectivity index (χ0n) is 8.77. The normalized spacial score (nSPS) is 12.2. The fourth-order valence-electron chi connectivity index (χ4n) is 1.23. The average Bonchev–Trinajstić information content (AvgIpc) is 2.23. The first-order chi connectivity index (χ1) is 7.54. The van der Waals surface area contributed by atoms with Gasteiger partial charge in [0.25, 0.3) is 0 Å². The standard InChI is InChI=1S/C11H12BrClFNO/c1-7(6-12)15-11(16)5-8-9(13)3-2-4-10(8)14/h2-4,7H,5-6H2,1H3,(H,15,16). The fourth-order valence-corrected chi connectivity index (χ4v) is 1.62. The summed E-state index contributed by atoms with van der Waals surface area (Å²) in [6.45, 7) is 1.86. The van der Waals surface area contributed by atoms with Crippen molar-refractivity contribution in [1.29, 1.82) is 0 Å². The number of carbonyl (C=O) groups excluding carboxylic acids is 1. The smallest absolute Gasteiger partial charge is 0.224 e. The lowest BCUT2D eigenvalue weighted by molar-refractivity contribution is -0.120. The highest BCUT2D eigenvalue weighted by Crippen LogP contribution is 2.19. The molecule has 0 aliphatic carbocycles. The summed E-state index contributed by atoms with van der Waals surface area (Å²) in [6.07, 6.45) is -0.0388. The van der Waals surface area contributed by atoms with Crippen molar-refractivity contribution in [3.63, 3.8) is 0 Å². The largest absolute Gasteiger partial charge is 0.353 e. The summed E-state index contributed by atoms with van der Waals surface area (Å²) in [5.74, 6) is -0.687. The van der Waals surface area contributed by atoms with Crippen molar-refractivity contribution in [3.05, 3.63) is 34.6 Å². The molecule has 0 radical (unpaired) electrons. The zero-order valence-corrected chi connectivity index (χ0v) is 11.1. The summed E-state index contributed by atoms with van der Waals surface area (Å²) in [7, 11) is 0. The van der Waals surface area contributed by atoms with Crippen molar-refractivity contribution >= 4 is 33.4 Å². The first kappa shape index (κ1) is 13.5. The van der Waals surface area contributed by atoms with Crippen LogP contribution in [-0.4, -0.2) is 17.3 Å². The third-order valence-electron chi connectivity index (χ3n) is 2.04. The molecule has 0 aliphatic heterocycles. The van der Waals surface area contributed by atoms with Gasteiger partial charge in [0.2, 0.25) is 5.91 Å². The molecule has 5 heteroatoms. The van der Waals surface area contributed by atoms with Crippen LogP contribution in [0.4, 0.5) is 4.39 Å². The van der Waals surface area contributed by atoms with Crippen molar-refractivity contribution < 1.29 is 9.18 Å². The predicted molar refractivity (Wildman–Crippen MR) is 66.5 cm³/mol. The molecule has 0 spiro atoms. The van der Waals surface area contributed by atoms with E-state index in [1.807, 2.05) is 6.92 Å². The van der Waals surface area contributed by atoms with Crippen molar-refractivity contribution in [2.75, 3.05) is 5.33 Å². The van der Waals surface area contributed by atoms with Gasteiger partial charge >= 0.3 is 0 Å². The number of benzene rings is 1. The Labute approximate surface area is 107 Å². The first-order valence-corrected chi connectivity index (χ1v) is 6.32.